The zero-order valence-electron chi connectivity index (χ0n) is 22.9. The molecule has 0 atom stereocenters. The number of nitrogens with zero attached hydrogens (tertiary/aromatic N) is 2. The summed E-state index contributed by atoms with van der Waals surface area (Å²) in [6.07, 6.45) is 0. The van der Waals surface area contributed by atoms with Gasteiger partial charge in [-0.15, -0.1) is 0 Å². The fourth-order valence-corrected chi connectivity index (χ4v) is 6.05. The Hall–Kier alpha value is -4.25. The van der Waals surface area contributed by atoms with E-state index in [1.807, 2.05) is 30.3 Å². The number of amides is 2. The molecule has 0 saturated carbocycles. The summed E-state index contributed by atoms with van der Waals surface area (Å²) < 4.78 is 34.6. The Morgan fingerprint density at radius 2 is 1.47 bits per heavy atom. The van der Waals surface area contributed by atoms with Gasteiger partial charge in [-0.2, -0.15) is 0 Å². The first kappa shape index (κ1) is 30.2. The molecule has 0 spiro atoms. The van der Waals surface area contributed by atoms with Crippen molar-refractivity contribution in [2.24, 2.45) is 0 Å². The van der Waals surface area contributed by atoms with E-state index in [0.717, 1.165) is 5.69 Å². The van der Waals surface area contributed by atoms with Crippen LogP contribution in [0.5, 0.6) is 11.5 Å². The Morgan fingerprint density at radius 1 is 0.791 bits per heavy atom. The van der Waals surface area contributed by atoms with Crippen molar-refractivity contribution in [1.29, 1.82) is 0 Å². The zero-order chi connectivity index (χ0) is 30.4. The van der Waals surface area contributed by atoms with E-state index in [-0.39, 0.29) is 39.4 Å². The van der Waals surface area contributed by atoms with Crippen LogP contribution in [0.1, 0.15) is 10.4 Å². The van der Waals surface area contributed by atoms with Crippen LogP contribution in [0.4, 0.5) is 11.4 Å². The molecule has 0 aliphatic carbocycles. The molecule has 2 N–H and O–H groups in total. The van der Waals surface area contributed by atoms with E-state index in [2.05, 4.69) is 14.9 Å². The lowest BCUT2D eigenvalue weighted by molar-refractivity contribution is -0.130. The van der Waals surface area contributed by atoms with Gasteiger partial charge in [-0.05, 0) is 66.7 Å². The average molecular weight is 640 g/mol. The topological polar surface area (TPSA) is 108 Å². The first-order chi connectivity index (χ1) is 20.7. The second-order valence-electron chi connectivity index (χ2n) is 9.69. The molecule has 1 aliphatic rings. The van der Waals surface area contributed by atoms with Crippen molar-refractivity contribution in [3.8, 4) is 11.5 Å². The number of ether oxygens (including phenoxy) is 1. The number of anilines is 2. The van der Waals surface area contributed by atoms with Gasteiger partial charge in [0.05, 0.1) is 22.2 Å². The van der Waals surface area contributed by atoms with Gasteiger partial charge < -0.3 is 19.9 Å². The van der Waals surface area contributed by atoms with Crippen molar-refractivity contribution in [1.82, 2.24) is 10.2 Å². The maximum Gasteiger partial charge on any atom is 0.262 e. The first-order valence-corrected chi connectivity index (χ1v) is 15.6. The normalized spacial score (nSPS) is 13.3. The van der Waals surface area contributed by atoms with Crippen LogP contribution in [0.25, 0.3) is 0 Å². The van der Waals surface area contributed by atoms with Crippen molar-refractivity contribution < 1.29 is 22.7 Å². The summed E-state index contributed by atoms with van der Waals surface area (Å²) in [7, 11) is -4.03. The van der Waals surface area contributed by atoms with Gasteiger partial charge in [0.1, 0.15) is 5.75 Å². The predicted molar refractivity (Wildman–Crippen MR) is 168 cm³/mol. The van der Waals surface area contributed by atoms with E-state index in [1.54, 1.807) is 41.3 Å². The first-order valence-electron chi connectivity index (χ1n) is 13.4. The highest BCUT2D eigenvalue weighted by Gasteiger charge is 2.22. The molecular weight excluding hydrogens is 611 g/mol. The Kier molecular flexibility index (Phi) is 9.40. The standard InChI is InChI=1S/C31H28Cl2N4O5S/c32-23-12-15-28(26(33)20-23)42-29-9-5-4-8-27(29)35-43(40,41)25-13-10-22(11-14-25)31(39)34-21-30(38)37-18-16-36(17-19-37)24-6-2-1-3-7-24/h1-15,20,35H,16-19,21H2,(H,34,39). The highest BCUT2D eigenvalue weighted by Crippen LogP contribution is 2.35. The minimum atomic E-state index is -4.03. The second-order valence-corrected chi connectivity index (χ2v) is 12.2. The van der Waals surface area contributed by atoms with E-state index in [0.29, 0.717) is 37.0 Å². The number of sulfonamides is 1. The lowest BCUT2D eigenvalue weighted by Gasteiger charge is -2.36. The third-order valence-electron chi connectivity index (χ3n) is 6.83. The van der Waals surface area contributed by atoms with Crippen LogP contribution < -0.4 is 19.7 Å². The zero-order valence-corrected chi connectivity index (χ0v) is 25.2. The predicted octanol–water partition coefficient (Wildman–Crippen LogP) is 5.67. The summed E-state index contributed by atoms with van der Waals surface area (Å²) >= 11 is 12.2. The molecule has 0 aromatic heterocycles. The molecule has 2 amide bonds. The molecule has 1 saturated heterocycles. The van der Waals surface area contributed by atoms with Gasteiger partial charge in [0, 0.05) is 42.5 Å². The van der Waals surface area contributed by atoms with E-state index in [4.69, 9.17) is 27.9 Å². The summed E-state index contributed by atoms with van der Waals surface area (Å²) in [6.45, 7) is 2.38. The lowest BCUT2D eigenvalue weighted by Crippen LogP contribution is -2.51. The third-order valence-corrected chi connectivity index (χ3v) is 8.74. The van der Waals surface area contributed by atoms with Crippen LogP contribution in [0.2, 0.25) is 10.0 Å². The summed E-state index contributed by atoms with van der Waals surface area (Å²) in [4.78, 5) is 29.3. The van der Waals surface area contributed by atoms with Crippen LogP contribution in [-0.2, 0) is 14.8 Å². The van der Waals surface area contributed by atoms with Gasteiger partial charge in [0.25, 0.3) is 15.9 Å². The van der Waals surface area contributed by atoms with Crippen molar-refractivity contribution in [2.45, 2.75) is 4.90 Å². The minimum Gasteiger partial charge on any atom is -0.454 e. The molecule has 1 aliphatic heterocycles. The summed E-state index contributed by atoms with van der Waals surface area (Å²) in [5, 5.41) is 3.34. The molecule has 1 heterocycles. The Morgan fingerprint density at radius 3 is 2.16 bits per heavy atom. The fraction of sp³-hybridized carbons (Fsp3) is 0.161. The third kappa shape index (κ3) is 7.59. The van der Waals surface area contributed by atoms with Crippen LogP contribution >= 0.6 is 23.2 Å². The number of halogens is 2. The van der Waals surface area contributed by atoms with Crippen molar-refractivity contribution in [3.63, 3.8) is 0 Å². The number of rotatable bonds is 9. The van der Waals surface area contributed by atoms with Gasteiger partial charge in [-0.3, -0.25) is 14.3 Å². The Labute approximate surface area is 260 Å². The molecule has 222 valence electrons. The molecule has 43 heavy (non-hydrogen) atoms. The summed E-state index contributed by atoms with van der Waals surface area (Å²) in [5.74, 6) is -0.115. The Balaban J connectivity index is 1.16. The van der Waals surface area contributed by atoms with Gasteiger partial charge in [-0.1, -0.05) is 53.5 Å². The van der Waals surface area contributed by atoms with Gasteiger partial charge in [0.2, 0.25) is 5.91 Å². The maximum absolute atomic E-state index is 13.1. The minimum absolute atomic E-state index is 0.0595. The van der Waals surface area contributed by atoms with E-state index in [9.17, 15) is 18.0 Å². The molecule has 12 heteroatoms. The molecule has 9 nitrogen and oxygen atoms in total. The van der Waals surface area contributed by atoms with Gasteiger partial charge in [0.15, 0.2) is 5.75 Å². The molecule has 4 aromatic rings. The van der Waals surface area contributed by atoms with Gasteiger partial charge >= 0.3 is 0 Å². The molecule has 0 bridgehead atoms. The SMILES string of the molecule is O=C(NCC(=O)N1CCN(c2ccccc2)CC1)c1ccc(S(=O)(=O)Nc2ccccc2Oc2ccc(Cl)cc2Cl)cc1. The van der Waals surface area contributed by atoms with Gasteiger partial charge in [-0.25, -0.2) is 8.42 Å². The van der Waals surface area contributed by atoms with E-state index in [1.165, 1.54) is 30.3 Å². The van der Waals surface area contributed by atoms with Crippen molar-refractivity contribution >= 4 is 56.4 Å². The number of benzene rings is 4. The van der Waals surface area contributed by atoms with E-state index < -0.39 is 15.9 Å². The molecular formula is C31H28Cl2N4O5S. The number of hydrogen-bond donors (Lipinski definition) is 2. The molecule has 0 radical (unpaired) electrons. The number of carbonyl (C=O) groups is 2. The van der Waals surface area contributed by atoms with E-state index >= 15 is 0 Å². The molecule has 4 aromatic carbocycles. The van der Waals surface area contributed by atoms with Crippen molar-refractivity contribution in [2.75, 3.05) is 42.3 Å². The highest BCUT2D eigenvalue weighted by molar-refractivity contribution is 7.92. The van der Waals surface area contributed by atoms with Crippen molar-refractivity contribution in [3.05, 3.63) is 113 Å². The quantitative estimate of drug-likeness (QED) is 0.245. The highest BCUT2D eigenvalue weighted by atomic mass is 35.5. The van der Waals surface area contributed by atoms with Crippen LogP contribution in [-0.4, -0.2) is 57.9 Å². The average Bonchev–Trinajstić information content (AvgIpc) is 3.02. The number of piperazine rings is 1. The summed E-state index contributed by atoms with van der Waals surface area (Å²) in [5.41, 5.74) is 1.53. The number of nitrogens with one attached hydrogen (secondary N) is 2. The smallest absolute Gasteiger partial charge is 0.262 e. The fourth-order valence-electron chi connectivity index (χ4n) is 4.53. The van der Waals surface area contributed by atoms with Crippen LogP contribution in [0, 0.1) is 0 Å². The monoisotopic (exact) mass is 638 g/mol. The Bertz CT molecular complexity index is 1710. The number of para-hydroxylation sites is 3. The molecule has 5 rings (SSSR count). The maximum atomic E-state index is 13.1. The lowest BCUT2D eigenvalue weighted by atomic mass is 10.2. The van der Waals surface area contributed by atoms with Crippen LogP contribution in [0.15, 0.2) is 102 Å². The second kappa shape index (κ2) is 13.4. The molecule has 0 unspecified atom stereocenters. The molecule has 1 fully saturated rings. The number of carbonyl (C=O) groups excluding carboxylic acids is 2. The van der Waals surface area contributed by atoms with Crippen LogP contribution in [0.3, 0.4) is 0 Å². The summed E-state index contributed by atoms with van der Waals surface area (Å²) in [6, 6.07) is 26.6. The largest absolute Gasteiger partial charge is 0.454 e. The number of hydrogen-bond acceptors (Lipinski definition) is 6.